The van der Waals surface area contributed by atoms with E-state index in [2.05, 4.69) is 94.3 Å². The molecule has 3 aromatic carbocycles. The Morgan fingerprint density at radius 1 is 0.868 bits per heavy atom. The summed E-state index contributed by atoms with van der Waals surface area (Å²) >= 11 is 0. The molecule has 3 heterocycles. The molecule has 0 spiro atoms. The highest BCUT2D eigenvalue weighted by atomic mass is 16.3. The number of nitrogens with one attached hydrogen (secondary N) is 1. The molecule has 1 atom stereocenters. The van der Waals surface area contributed by atoms with E-state index in [1.54, 1.807) is 12.4 Å². The first-order valence-corrected chi connectivity index (χ1v) is 13.3. The second-order valence-corrected chi connectivity index (χ2v) is 10.2. The Bertz CT molecular complexity index is 1550. The summed E-state index contributed by atoms with van der Waals surface area (Å²) < 4.78 is 2.15. The monoisotopic (exact) mass is 503 g/mol. The molecular formula is C32H33N5O. The minimum atomic E-state index is -0.850. The minimum absolute atomic E-state index is 0.637. The summed E-state index contributed by atoms with van der Waals surface area (Å²) in [6.07, 6.45) is 2.56. The molecule has 6 heteroatoms. The Balaban J connectivity index is 1.40. The predicted molar refractivity (Wildman–Crippen MR) is 154 cm³/mol. The summed E-state index contributed by atoms with van der Waals surface area (Å²) in [4.78, 5) is 11.5. The highest BCUT2D eigenvalue weighted by Crippen LogP contribution is 2.31. The van der Waals surface area contributed by atoms with Crippen LogP contribution >= 0.6 is 0 Å². The Labute approximate surface area is 223 Å². The second-order valence-electron chi connectivity index (χ2n) is 10.2. The smallest absolute Gasteiger partial charge is 0.143 e. The lowest BCUT2D eigenvalue weighted by molar-refractivity contribution is 0.206. The van der Waals surface area contributed by atoms with Gasteiger partial charge in [0.2, 0.25) is 0 Å². The Hall–Kier alpha value is -4.00. The molecule has 1 saturated heterocycles. The van der Waals surface area contributed by atoms with Crippen LogP contribution in [0.5, 0.6) is 0 Å². The molecule has 0 saturated carbocycles. The fourth-order valence-electron chi connectivity index (χ4n) is 5.33. The number of anilines is 1. The predicted octanol–water partition coefficient (Wildman–Crippen LogP) is 5.25. The van der Waals surface area contributed by atoms with Crippen molar-refractivity contribution in [2.75, 3.05) is 31.1 Å². The van der Waals surface area contributed by atoms with Crippen molar-refractivity contribution < 1.29 is 5.11 Å². The third-order valence-electron chi connectivity index (χ3n) is 7.56. The quantitative estimate of drug-likeness (QED) is 0.331. The zero-order valence-corrected chi connectivity index (χ0v) is 21.9. The molecule has 192 valence electrons. The topological polar surface area (TPSA) is 66.2 Å². The zero-order chi connectivity index (χ0) is 26.1. The lowest BCUT2D eigenvalue weighted by Gasteiger charge is -2.29. The molecule has 1 unspecified atom stereocenters. The summed E-state index contributed by atoms with van der Waals surface area (Å²) in [6.45, 7) is 9.00. The number of pyridine rings is 1. The number of nitrogens with zero attached hydrogens (tertiary/aromatic N) is 4. The van der Waals surface area contributed by atoms with Crippen LogP contribution in [0.25, 0.3) is 22.2 Å². The Kier molecular flexibility index (Phi) is 6.66. The van der Waals surface area contributed by atoms with Crippen LogP contribution in [0.2, 0.25) is 0 Å². The number of piperazine rings is 1. The van der Waals surface area contributed by atoms with Crippen LogP contribution in [0.3, 0.4) is 0 Å². The van der Waals surface area contributed by atoms with Crippen molar-refractivity contribution in [1.82, 2.24) is 19.9 Å². The average Bonchev–Trinajstić information content (AvgIpc) is 3.33. The third kappa shape index (κ3) is 4.80. The molecule has 0 aliphatic carbocycles. The first-order valence-electron chi connectivity index (χ1n) is 13.3. The Morgan fingerprint density at radius 3 is 2.37 bits per heavy atom. The van der Waals surface area contributed by atoms with Crippen molar-refractivity contribution in [2.24, 2.45) is 0 Å². The normalized spacial score (nSPS) is 14.7. The van der Waals surface area contributed by atoms with Gasteiger partial charge in [-0.1, -0.05) is 42.0 Å². The molecule has 38 heavy (non-hydrogen) atoms. The van der Waals surface area contributed by atoms with E-state index in [-0.39, 0.29) is 0 Å². The number of rotatable bonds is 6. The number of hydrogen-bond acceptors (Lipinski definition) is 5. The number of fused-ring (bicyclic) bond motifs is 1. The van der Waals surface area contributed by atoms with Gasteiger partial charge in [-0.15, -0.1) is 0 Å². The van der Waals surface area contributed by atoms with E-state index in [9.17, 15) is 5.11 Å². The van der Waals surface area contributed by atoms with Crippen molar-refractivity contribution in [3.05, 3.63) is 113 Å². The van der Waals surface area contributed by atoms with Gasteiger partial charge in [-0.05, 0) is 78.1 Å². The number of aromatic nitrogens is 3. The van der Waals surface area contributed by atoms with Crippen molar-refractivity contribution in [3.63, 3.8) is 0 Å². The third-order valence-corrected chi connectivity index (χ3v) is 7.56. The maximum Gasteiger partial charge on any atom is 0.143 e. The maximum absolute atomic E-state index is 11.4. The molecule has 1 aliphatic rings. The molecule has 2 aromatic heterocycles. The van der Waals surface area contributed by atoms with Gasteiger partial charge < -0.3 is 19.9 Å². The highest BCUT2D eigenvalue weighted by Gasteiger charge is 2.21. The molecule has 0 amide bonds. The molecule has 1 aliphatic heterocycles. The number of hydrogen-bond donors (Lipinski definition) is 2. The Morgan fingerprint density at radius 2 is 1.61 bits per heavy atom. The first kappa shape index (κ1) is 24.3. The number of aryl methyl sites for hydroxylation is 2. The van der Waals surface area contributed by atoms with Crippen LogP contribution in [0, 0.1) is 13.8 Å². The van der Waals surface area contributed by atoms with Crippen molar-refractivity contribution >= 4 is 16.7 Å². The summed E-state index contributed by atoms with van der Waals surface area (Å²) in [6, 6.07) is 25.4. The number of aliphatic hydroxyl groups is 1. The van der Waals surface area contributed by atoms with E-state index in [0.717, 1.165) is 53.9 Å². The van der Waals surface area contributed by atoms with Gasteiger partial charge in [-0.3, -0.25) is 4.98 Å². The lowest BCUT2D eigenvalue weighted by atomic mass is 10.0. The minimum Gasteiger partial charge on any atom is -0.380 e. The van der Waals surface area contributed by atoms with E-state index in [0.29, 0.717) is 12.4 Å². The van der Waals surface area contributed by atoms with Crippen LogP contribution in [-0.4, -0.2) is 45.8 Å². The standard InChI is InChI=1S/C32H33N5O/c1-22-3-4-23(2)27(19-22)21-37-30-10-7-26(24-5-8-28(9-6-24)36-17-15-34-16-18-36)20-29(30)35-32(37)31(38)25-11-13-33-14-12-25/h3-14,19-20,31,34,38H,15-18,21H2,1-2H3. The van der Waals surface area contributed by atoms with Crippen LogP contribution in [-0.2, 0) is 6.54 Å². The van der Waals surface area contributed by atoms with E-state index < -0.39 is 6.10 Å². The largest absolute Gasteiger partial charge is 0.380 e. The van der Waals surface area contributed by atoms with Gasteiger partial charge in [0.15, 0.2) is 0 Å². The van der Waals surface area contributed by atoms with E-state index in [4.69, 9.17) is 4.98 Å². The van der Waals surface area contributed by atoms with Crippen LogP contribution < -0.4 is 10.2 Å². The van der Waals surface area contributed by atoms with E-state index in [1.165, 1.54) is 22.4 Å². The molecule has 6 rings (SSSR count). The number of imidazole rings is 1. The summed E-state index contributed by atoms with van der Waals surface area (Å²) in [5.41, 5.74) is 9.87. The molecule has 0 radical (unpaired) electrons. The van der Waals surface area contributed by atoms with Crippen molar-refractivity contribution in [3.8, 4) is 11.1 Å². The van der Waals surface area contributed by atoms with Gasteiger partial charge in [-0.2, -0.15) is 0 Å². The first-order chi connectivity index (χ1) is 18.6. The van der Waals surface area contributed by atoms with Crippen molar-refractivity contribution in [1.29, 1.82) is 0 Å². The molecular weight excluding hydrogens is 470 g/mol. The summed E-state index contributed by atoms with van der Waals surface area (Å²) in [5, 5.41) is 14.8. The fraction of sp³-hybridized carbons (Fsp3) is 0.250. The van der Waals surface area contributed by atoms with Gasteiger partial charge in [0.05, 0.1) is 11.0 Å². The second kappa shape index (κ2) is 10.4. The fourth-order valence-corrected chi connectivity index (χ4v) is 5.33. The SMILES string of the molecule is Cc1ccc(C)c(Cn2c(C(O)c3ccncc3)nc3cc(-c4ccc(N5CCNCC5)cc4)ccc32)c1. The van der Waals surface area contributed by atoms with Crippen LogP contribution in [0.4, 0.5) is 5.69 Å². The summed E-state index contributed by atoms with van der Waals surface area (Å²) in [5.74, 6) is 0.637. The van der Waals surface area contributed by atoms with Crippen LogP contribution in [0.1, 0.15) is 34.2 Å². The number of benzene rings is 3. The highest BCUT2D eigenvalue weighted by molar-refractivity contribution is 5.83. The average molecular weight is 504 g/mol. The van der Waals surface area contributed by atoms with Gasteiger partial charge in [0.1, 0.15) is 11.9 Å². The maximum atomic E-state index is 11.4. The molecule has 5 aromatic rings. The van der Waals surface area contributed by atoms with E-state index >= 15 is 0 Å². The van der Waals surface area contributed by atoms with Gasteiger partial charge in [0, 0.05) is 50.8 Å². The molecule has 1 fully saturated rings. The molecule has 6 nitrogen and oxygen atoms in total. The van der Waals surface area contributed by atoms with Crippen molar-refractivity contribution in [2.45, 2.75) is 26.5 Å². The molecule has 0 bridgehead atoms. The summed E-state index contributed by atoms with van der Waals surface area (Å²) in [7, 11) is 0. The molecule has 2 N–H and O–H groups in total. The van der Waals surface area contributed by atoms with Gasteiger partial charge in [0.25, 0.3) is 0 Å². The van der Waals surface area contributed by atoms with E-state index in [1.807, 2.05) is 12.1 Å². The number of aliphatic hydroxyl groups excluding tert-OH is 1. The lowest BCUT2D eigenvalue weighted by Crippen LogP contribution is -2.43. The zero-order valence-electron chi connectivity index (χ0n) is 21.9. The van der Waals surface area contributed by atoms with Gasteiger partial charge in [-0.25, -0.2) is 4.98 Å². The van der Waals surface area contributed by atoms with Crippen LogP contribution in [0.15, 0.2) is 85.2 Å². The van der Waals surface area contributed by atoms with Gasteiger partial charge >= 0.3 is 0 Å².